The second-order valence-electron chi connectivity index (χ2n) is 7.00. The Morgan fingerprint density at radius 1 is 0.938 bits per heavy atom. The van der Waals surface area contributed by atoms with Crippen LogP contribution >= 0.6 is 11.8 Å². The van der Waals surface area contributed by atoms with Gasteiger partial charge in [-0.05, 0) is 18.1 Å². The molecule has 32 heavy (non-hydrogen) atoms. The fourth-order valence-corrected chi connectivity index (χ4v) is 4.25. The Labute approximate surface area is 192 Å². The van der Waals surface area contributed by atoms with Crippen LogP contribution in [0.5, 0.6) is 11.8 Å². The van der Waals surface area contributed by atoms with Crippen molar-refractivity contribution in [3.05, 3.63) is 77.9 Å². The van der Waals surface area contributed by atoms with E-state index < -0.39 is 16.8 Å². The molecule has 168 valence electrons. The van der Waals surface area contributed by atoms with E-state index >= 15 is 0 Å². The zero-order valence-corrected chi connectivity index (χ0v) is 19.3. The van der Waals surface area contributed by atoms with Crippen LogP contribution in [0, 0.1) is 0 Å². The van der Waals surface area contributed by atoms with Gasteiger partial charge < -0.3 is 18.9 Å². The van der Waals surface area contributed by atoms with E-state index in [4.69, 9.17) is 18.9 Å². The number of carbonyl (C=O) groups excluding carboxylic acids is 1. The molecule has 7 nitrogen and oxygen atoms in total. The summed E-state index contributed by atoms with van der Waals surface area (Å²) in [5.41, 5.74) is 0.769. The van der Waals surface area contributed by atoms with Crippen LogP contribution in [0.15, 0.2) is 71.9 Å². The first-order valence-corrected chi connectivity index (χ1v) is 10.8. The smallest absolute Gasteiger partial charge is 0.322 e. The highest BCUT2D eigenvalue weighted by Gasteiger charge is 2.44. The lowest BCUT2D eigenvalue weighted by molar-refractivity contribution is -0.148. The van der Waals surface area contributed by atoms with E-state index in [1.807, 2.05) is 67.6 Å². The van der Waals surface area contributed by atoms with Crippen molar-refractivity contribution in [2.45, 2.75) is 29.5 Å². The van der Waals surface area contributed by atoms with Crippen LogP contribution in [0.3, 0.4) is 0 Å². The lowest BCUT2D eigenvalue weighted by atomic mass is 9.91. The lowest BCUT2D eigenvalue weighted by Gasteiger charge is -2.36. The van der Waals surface area contributed by atoms with E-state index in [1.165, 1.54) is 21.3 Å². The second-order valence-corrected chi connectivity index (χ2v) is 8.08. The summed E-state index contributed by atoms with van der Waals surface area (Å²) in [6.45, 7) is 2.18. The van der Waals surface area contributed by atoms with E-state index in [0.717, 1.165) is 22.9 Å². The number of rotatable bonds is 10. The molecule has 2 atom stereocenters. The first kappa shape index (κ1) is 23.6. The normalized spacial score (nSPS) is 13.6. The van der Waals surface area contributed by atoms with Crippen LogP contribution in [0.2, 0.25) is 0 Å². The van der Waals surface area contributed by atoms with E-state index in [1.54, 1.807) is 6.07 Å². The van der Waals surface area contributed by atoms with Crippen molar-refractivity contribution in [1.82, 2.24) is 9.97 Å². The highest BCUT2D eigenvalue weighted by molar-refractivity contribution is 8.00. The SMILES string of the molecule is COC(=O)C(Sc1nc(OC)cc(OC)n1)C(C)(OCc1ccccc1)c1ccccc1. The number of hydrogen-bond donors (Lipinski definition) is 0. The number of methoxy groups -OCH3 is 3. The Morgan fingerprint density at radius 3 is 2.03 bits per heavy atom. The predicted octanol–water partition coefficient (Wildman–Crippen LogP) is 4.26. The molecule has 0 radical (unpaired) electrons. The van der Waals surface area contributed by atoms with Crippen molar-refractivity contribution in [3.63, 3.8) is 0 Å². The number of aromatic nitrogens is 2. The number of esters is 1. The zero-order chi connectivity index (χ0) is 23.0. The van der Waals surface area contributed by atoms with Gasteiger partial charge >= 0.3 is 5.97 Å². The van der Waals surface area contributed by atoms with Crippen molar-refractivity contribution in [2.75, 3.05) is 21.3 Å². The van der Waals surface area contributed by atoms with Gasteiger partial charge in [0.1, 0.15) is 10.9 Å². The summed E-state index contributed by atoms with van der Waals surface area (Å²) < 4.78 is 22.1. The van der Waals surface area contributed by atoms with Crippen LogP contribution in [-0.4, -0.2) is 42.5 Å². The largest absolute Gasteiger partial charge is 0.481 e. The molecule has 8 heteroatoms. The van der Waals surface area contributed by atoms with E-state index in [-0.39, 0.29) is 0 Å². The fraction of sp³-hybridized carbons (Fsp3) is 0.292. The first-order chi connectivity index (χ1) is 15.5. The Kier molecular flexibility index (Phi) is 8.08. The molecule has 2 aromatic carbocycles. The fourth-order valence-electron chi connectivity index (χ4n) is 3.13. The van der Waals surface area contributed by atoms with E-state index in [2.05, 4.69) is 9.97 Å². The van der Waals surface area contributed by atoms with Crippen LogP contribution < -0.4 is 9.47 Å². The molecule has 0 aliphatic rings. The third kappa shape index (κ3) is 5.57. The maximum atomic E-state index is 13.0. The molecule has 0 fully saturated rings. The monoisotopic (exact) mass is 454 g/mol. The highest BCUT2D eigenvalue weighted by atomic mass is 32.2. The average Bonchev–Trinajstić information content (AvgIpc) is 2.86. The summed E-state index contributed by atoms with van der Waals surface area (Å²) in [5.74, 6) is 0.198. The maximum absolute atomic E-state index is 13.0. The topological polar surface area (TPSA) is 79.8 Å². The van der Waals surface area contributed by atoms with Crippen molar-refractivity contribution >= 4 is 17.7 Å². The molecule has 3 aromatic rings. The highest BCUT2D eigenvalue weighted by Crippen LogP contribution is 2.40. The molecule has 1 aromatic heterocycles. The number of thioether (sulfide) groups is 1. The molecule has 3 rings (SSSR count). The molecule has 0 aliphatic carbocycles. The van der Waals surface area contributed by atoms with Crippen molar-refractivity contribution in [1.29, 1.82) is 0 Å². The van der Waals surface area contributed by atoms with Crippen molar-refractivity contribution in [3.8, 4) is 11.8 Å². The lowest BCUT2D eigenvalue weighted by Crippen LogP contribution is -2.43. The van der Waals surface area contributed by atoms with Gasteiger partial charge in [-0.3, -0.25) is 4.79 Å². The van der Waals surface area contributed by atoms with Crippen LogP contribution in [-0.2, 0) is 26.5 Å². The first-order valence-electron chi connectivity index (χ1n) is 9.95. The molecular formula is C24H26N2O5S. The van der Waals surface area contributed by atoms with Gasteiger partial charge in [-0.25, -0.2) is 0 Å². The molecule has 0 amide bonds. The Bertz CT molecular complexity index is 997. The third-order valence-corrected chi connectivity index (χ3v) is 6.22. The van der Waals surface area contributed by atoms with Gasteiger partial charge in [-0.2, -0.15) is 9.97 Å². The molecule has 0 N–H and O–H groups in total. The van der Waals surface area contributed by atoms with Crippen molar-refractivity contribution < 1.29 is 23.7 Å². The summed E-state index contributed by atoms with van der Waals surface area (Å²) in [7, 11) is 4.36. The number of hydrogen-bond acceptors (Lipinski definition) is 8. The second kappa shape index (κ2) is 11.0. The molecule has 0 aliphatic heterocycles. The third-order valence-electron chi connectivity index (χ3n) is 4.94. The number of benzene rings is 2. The maximum Gasteiger partial charge on any atom is 0.322 e. The molecule has 0 saturated heterocycles. The minimum absolute atomic E-state index is 0.307. The standard InChI is InChI=1S/C24H26N2O5S/c1-24(18-13-9-6-10-14-18,31-16-17-11-7-5-8-12-17)21(22(27)30-4)32-23-25-19(28-2)15-20(26-23)29-3/h5-15,21H,16H2,1-4H3. The number of ether oxygens (including phenoxy) is 4. The number of nitrogens with zero attached hydrogens (tertiary/aromatic N) is 2. The Balaban J connectivity index is 2.02. The van der Waals surface area contributed by atoms with Gasteiger partial charge in [0.2, 0.25) is 11.8 Å². The summed E-state index contributed by atoms with van der Waals surface area (Å²) in [4.78, 5) is 21.8. The molecule has 0 spiro atoms. The van der Waals surface area contributed by atoms with Crippen LogP contribution in [0.4, 0.5) is 0 Å². The number of carbonyl (C=O) groups is 1. The predicted molar refractivity (Wildman–Crippen MR) is 122 cm³/mol. The molecule has 2 unspecified atom stereocenters. The van der Waals surface area contributed by atoms with Gasteiger partial charge in [-0.1, -0.05) is 72.4 Å². The summed E-state index contributed by atoms with van der Waals surface area (Å²) >= 11 is 1.14. The average molecular weight is 455 g/mol. The van der Waals surface area contributed by atoms with Crippen LogP contribution in [0.1, 0.15) is 18.1 Å². The van der Waals surface area contributed by atoms with Gasteiger partial charge in [0.05, 0.1) is 34.0 Å². The molecular weight excluding hydrogens is 428 g/mol. The van der Waals surface area contributed by atoms with Gasteiger partial charge in [-0.15, -0.1) is 0 Å². The molecule has 0 saturated carbocycles. The Morgan fingerprint density at radius 2 is 1.50 bits per heavy atom. The minimum atomic E-state index is -1.05. The summed E-state index contributed by atoms with van der Waals surface area (Å²) in [6, 6.07) is 20.9. The van der Waals surface area contributed by atoms with Crippen molar-refractivity contribution in [2.24, 2.45) is 0 Å². The molecule has 0 bridgehead atoms. The minimum Gasteiger partial charge on any atom is -0.481 e. The quantitative estimate of drug-likeness (QED) is 0.255. The van der Waals surface area contributed by atoms with Gasteiger partial charge in [0.15, 0.2) is 5.16 Å². The molecule has 1 heterocycles. The van der Waals surface area contributed by atoms with E-state index in [0.29, 0.717) is 23.5 Å². The van der Waals surface area contributed by atoms with Gasteiger partial charge in [0, 0.05) is 0 Å². The van der Waals surface area contributed by atoms with Gasteiger partial charge in [0.25, 0.3) is 0 Å². The van der Waals surface area contributed by atoms with Crippen LogP contribution in [0.25, 0.3) is 0 Å². The Hall–Kier alpha value is -3.10. The zero-order valence-electron chi connectivity index (χ0n) is 18.5. The van der Waals surface area contributed by atoms with E-state index in [9.17, 15) is 4.79 Å². The summed E-state index contributed by atoms with van der Waals surface area (Å²) in [5, 5.41) is -0.502. The summed E-state index contributed by atoms with van der Waals surface area (Å²) in [6.07, 6.45) is 0.